The fraction of sp³-hybridized carbons (Fsp3) is 0.125. The Hall–Kier alpha value is -2.22. The van der Waals surface area contributed by atoms with E-state index in [1.54, 1.807) is 0 Å². The van der Waals surface area contributed by atoms with Gasteiger partial charge in [-0.15, -0.1) is 0 Å². The summed E-state index contributed by atoms with van der Waals surface area (Å²) in [5.74, 6) is -0.794. The molecule has 3 rings (SSSR count). The van der Waals surface area contributed by atoms with Crippen molar-refractivity contribution in [2.24, 2.45) is 0 Å². The molecule has 0 spiro atoms. The van der Waals surface area contributed by atoms with Crippen molar-refractivity contribution in [1.29, 1.82) is 0 Å². The number of carbonyl (C=O) groups is 1. The van der Waals surface area contributed by atoms with E-state index >= 15 is 0 Å². The van der Waals surface area contributed by atoms with E-state index in [1.807, 2.05) is 31.2 Å². The van der Waals surface area contributed by atoms with Crippen LogP contribution in [0.25, 0.3) is 0 Å². The Morgan fingerprint density at radius 2 is 1.14 bits per heavy atom. The van der Waals surface area contributed by atoms with Gasteiger partial charge in [0.05, 0.1) is 12.6 Å². The summed E-state index contributed by atoms with van der Waals surface area (Å²) in [6.07, 6.45) is 2.74. The highest BCUT2D eigenvalue weighted by molar-refractivity contribution is 7.95. The average molecular weight is 455 g/mol. The SMILES string of the molecule is CC(=CCC(=O)O)C[P+](c1ccccc1)(c1ccccc1)c1ccccc1.[Br-]. The van der Waals surface area contributed by atoms with Gasteiger partial charge in [0.1, 0.15) is 23.2 Å². The third-order valence-electron chi connectivity index (χ3n) is 4.70. The molecule has 0 saturated carbocycles. The molecule has 0 atom stereocenters. The van der Waals surface area contributed by atoms with Gasteiger partial charge in [0, 0.05) is 0 Å². The molecule has 144 valence electrons. The zero-order valence-electron chi connectivity index (χ0n) is 15.8. The zero-order valence-corrected chi connectivity index (χ0v) is 18.3. The molecule has 0 aromatic heterocycles. The van der Waals surface area contributed by atoms with Crippen molar-refractivity contribution < 1.29 is 26.9 Å². The lowest BCUT2D eigenvalue weighted by molar-refractivity contribution is -0.136. The highest BCUT2D eigenvalue weighted by atomic mass is 79.9. The van der Waals surface area contributed by atoms with E-state index in [1.165, 1.54) is 15.9 Å². The number of carboxylic acids is 1. The van der Waals surface area contributed by atoms with Crippen molar-refractivity contribution in [2.75, 3.05) is 6.16 Å². The first kappa shape index (κ1) is 22.1. The van der Waals surface area contributed by atoms with Crippen LogP contribution in [0, 0.1) is 0 Å². The van der Waals surface area contributed by atoms with Crippen molar-refractivity contribution >= 4 is 29.1 Å². The minimum atomic E-state index is -1.93. The van der Waals surface area contributed by atoms with Crippen LogP contribution >= 0.6 is 7.26 Å². The van der Waals surface area contributed by atoms with E-state index < -0.39 is 13.2 Å². The average Bonchev–Trinajstić information content (AvgIpc) is 2.72. The van der Waals surface area contributed by atoms with E-state index in [0.29, 0.717) is 0 Å². The smallest absolute Gasteiger partial charge is 0.307 e. The van der Waals surface area contributed by atoms with Gasteiger partial charge in [0.15, 0.2) is 0 Å². The molecule has 0 fully saturated rings. The number of hydrogen-bond donors (Lipinski definition) is 1. The highest BCUT2D eigenvalue weighted by Gasteiger charge is 2.45. The lowest BCUT2D eigenvalue weighted by Gasteiger charge is -2.28. The molecule has 0 unspecified atom stereocenters. The predicted molar refractivity (Wildman–Crippen MR) is 116 cm³/mol. The highest BCUT2D eigenvalue weighted by Crippen LogP contribution is 2.56. The molecule has 4 heteroatoms. The second-order valence-electron chi connectivity index (χ2n) is 6.62. The first-order valence-electron chi connectivity index (χ1n) is 9.05. The van der Waals surface area contributed by atoms with Crippen LogP contribution in [-0.2, 0) is 4.79 Å². The van der Waals surface area contributed by atoms with Gasteiger partial charge in [0.2, 0.25) is 0 Å². The number of hydrogen-bond acceptors (Lipinski definition) is 1. The van der Waals surface area contributed by atoms with Gasteiger partial charge >= 0.3 is 5.97 Å². The maximum atomic E-state index is 11.0. The Bertz CT molecular complexity index is 812. The van der Waals surface area contributed by atoms with Crippen LogP contribution in [0.2, 0.25) is 0 Å². The number of benzene rings is 3. The van der Waals surface area contributed by atoms with E-state index in [2.05, 4.69) is 72.8 Å². The van der Waals surface area contributed by atoms with Crippen LogP contribution in [0.1, 0.15) is 13.3 Å². The summed E-state index contributed by atoms with van der Waals surface area (Å²) in [4.78, 5) is 11.0. The first-order valence-corrected chi connectivity index (χ1v) is 11.0. The Morgan fingerprint density at radius 1 is 0.786 bits per heavy atom. The fourth-order valence-corrected chi connectivity index (χ4v) is 7.83. The molecule has 0 saturated heterocycles. The third-order valence-corrected chi connectivity index (χ3v) is 9.21. The fourth-order valence-electron chi connectivity index (χ4n) is 3.47. The molecule has 1 N–H and O–H groups in total. The molecule has 28 heavy (non-hydrogen) atoms. The Morgan fingerprint density at radius 3 is 1.46 bits per heavy atom. The van der Waals surface area contributed by atoms with Gasteiger partial charge in [-0.2, -0.15) is 0 Å². The number of allylic oxidation sites excluding steroid dienone is 1. The standard InChI is InChI=1S/C24H23O2P.BrH/c1-20(17-18-24(25)26)19-27(21-11-5-2-6-12-21,22-13-7-3-8-14-22)23-15-9-4-10-16-23;/h2-17H,18-19H2,1H3;1H. The van der Waals surface area contributed by atoms with Gasteiger partial charge < -0.3 is 22.1 Å². The number of carboxylic acid groups (broad SMARTS) is 1. The lowest BCUT2D eigenvalue weighted by atomic mass is 10.3. The molecule has 0 bridgehead atoms. The number of aliphatic carboxylic acids is 1. The van der Waals surface area contributed by atoms with Crippen molar-refractivity contribution in [2.45, 2.75) is 13.3 Å². The quantitative estimate of drug-likeness (QED) is 0.432. The maximum Gasteiger partial charge on any atom is 0.307 e. The van der Waals surface area contributed by atoms with Crippen molar-refractivity contribution in [3.8, 4) is 0 Å². The van der Waals surface area contributed by atoms with Gasteiger partial charge in [0.25, 0.3) is 0 Å². The van der Waals surface area contributed by atoms with Crippen LogP contribution in [0.3, 0.4) is 0 Å². The second kappa shape index (κ2) is 10.4. The summed E-state index contributed by atoms with van der Waals surface area (Å²) in [5.41, 5.74) is 1.11. The summed E-state index contributed by atoms with van der Waals surface area (Å²) in [6, 6.07) is 31.9. The Kier molecular flexibility index (Phi) is 8.17. The van der Waals surface area contributed by atoms with Crippen molar-refractivity contribution in [1.82, 2.24) is 0 Å². The topological polar surface area (TPSA) is 37.3 Å². The number of rotatable bonds is 7. The zero-order chi connectivity index (χ0) is 19.1. The Labute approximate surface area is 178 Å². The minimum Gasteiger partial charge on any atom is -1.00 e. The maximum absolute atomic E-state index is 11.0. The summed E-state index contributed by atoms with van der Waals surface area (Å²) in [5, 5.41) is 13.0. The molecular formula is C24H24BrO2P. The lowest BCUT2D eigenvalue weighted by Crippen LogP contribution is -3.00. The summed E-state index contributed by atoms with van der Waals surface area (Å²) in [6.45, 7) is 2.05. The molecular weight excluding hydrogens is 431 g/mol. The molecule has 0 aliphatic rings. The van der Waals surface area contributed by atoms with Crippen molar-refractivity contribution in [3.05, 3.63) is 103 Å². The predicted octanol–water partition coefficient (Wildman–Crippen LogP) is 1.41. The minimum absolute atomic E-state index is 0. The van der Waals surface area contributed by atoms with Crippen molar-refractivity contribution in [3.63, 3.8) is 0 Å². The molecule has 0 radical (unpaired) electrons. The summed E-state index contributed by atoms with van der Waals surface area (Å²) in [7, 11) is -1.93. The molecule has 0 aliphatic carbocycles. The van der Waals surface area contributed by atoms with E-state index in [9.17, 15) is 4.79 Å². The number of halogens is 1. The summed E-state index contributed by atoms with van der Waals surface area (Å²) >= 11 is 0. The van der Waals surface area contributed by atoms with Crippen LogP contribution in [0.5, 0.6) is 0 Å². The van der Waals surface area contributed by atoms with Gasteiger partial charge in [-0.25, -0.2) is 0 Å². The van der Waals surface area contributed by atoms with E-state index in [4.69, 9.17) is 5.11 Å². The Balaban J connectivity index is 0.00000280. The first-order chi connectivity index (χ1) is 13.1. The van der Waals surface area contributed by atoms with Gasteiger partial charge in [-0.3, -0.25) is 4.79 Å². The van der Waals surface area contributed by atoms with Crippen LogP contribution in [0.4, 0.5) is 0 Å². The van der Waals surface area contributed by atoms with Gasteiger partial charge in [-0.05, 0) is 48.9 Å². The van der Waals surface area contributed by atoms with E-state index in [-0.39, 0.29) is 23.4 Å². The molecule has 3 aromatic rings. The largest absolute Gasteiger partial charge is 1.00 e. The molecule has 0 amide bonds. The molecule has 3 aromatic carbocycles. The van der Waals surface area contributed by atoms with Crippen LogP contribution in [0.15, 0.2) is 103 Å². The van der Waals surface area contributed by atoms with E-state index in [0.717, 1.165) is 11.7 Å². The molecule has 0 aliphatic heterocycles. The second-order valence-corrected chi connectivity index (χ2v) is 10.1. The monoisotopic (exact) mass is 454 g/mol. The molecule has 2 nitrogen and oxygen atoms in total. The normalized spacial score (nSPS) is 11.5. The van der Waals surface area contributed by atoms with Gasteiger partial charge in [-0.1, -0.05) is 60.7 Å². The molecule has 0 heterocycles. The van der Waals surface area contributed by atoms with Crippen LogP contribution in [-0.4, -0.2) is 17.2 Å². The summed E-state index contributed by atoms with van der Waals surface area (Å²) < 4.78 is 0. The third kappa shape index (κ3) is 4.98. The van der Waals surface area contributed by atoms with Crippen LogP contribution < -0.4 is 32.9 Å².